The Hall–Kier alpha value is -0.130. The summed E-state index contributed by atoms with van der Waals surface area (Å²) in [4.78, 5) is 0. The van der Waals surface area contributed by atoms with Gasteiger partial charge in [0.25, 0.3) is 0 Å². The topological polar surface area (TPSA) is 60.0 Å². The monoisotopic (exact) mass is 220 g/mol. The van der Waals surface area contributed by atoms with Gasteiger partial charge in [-0.3, -0.25) is 0 Å². The maximum absolute atomic E-state index is 11.2. The zero-order chi connectivity index (χ0) is 10.0. The molecule has 5 heteroatoms. The van der Waals surface area contributed by atoms with Crippen molar-refractivity contribution in [2.75, 3.05) is 24.7 Å². The summed E-state index contributed by atoms with van der Waals surface area (Å²) in [6.45, 7) is 1.81. The standard InChI is InChI=1S/C9H17NO3S/c11-14(12)5-3-8(7-14)10-6-9-2-1-4-13-9/h8-10H,1-7H2/p+1/t8-,9-/m1/s1. The van der Waals surface area contributed by atoms with Crippen LogP contribution in [0.5, 0.6) is 0 Å². The van der Waals surface area contributed by atoms with Gasteiger partial charge >= 0.3 is 0 Å². The molecule has 14 heavy (non-hydrogen) atoms. The summed E-state index contributed by atoms with van der Waals surface area (Å²) >= 11 is 0. The highest BCUT2D eigenvalue weighted by molar-refractivity contribution is 7.91. The lowest BCUT2D eigenvalue weighted by atomic mass is 10.2. The molecule has 2 fully saturated rings. The Balaban J connectivity index is 1.71. The van der Waals surface area contributed by atoms with Crippen molar-refractivity contribution < 1.29 is 18.5 Å². The maximum Gasteiger partial charge on any atom is 0.156 e. The molecule has 0 unspecified atom stereocenters. The minimum absolute atomic E-state index is 0.282. The number of quaternary nitrogens is 1. The fraction of sp³-hybridized carbons (Fsp3) is 1.00. The predicted octanol–water partition coefficient (Wildman–Crippen LogP) is -1.08. The summed E-state index contributed by atoms with van der Waals surface area (Å²) < 4.78 is 27.9. The summed E-state index contributed by atoms with van der Waals surface area (Å²) in [6, 6.07) is 0.282. The molecule has 0 radical (unpaired) electrons. The van der Waals surface area contributed by atoms with Crippen molar-refractivity contribution in [2.45, 2.75) is 31.4 Å². The summed E-state index contributed by atoms with van der Waals surface area (Å²) in [7, 11) is -2.71. The third-order valence-electron chi connectivity index (χ3n) is 3.02. The second-order valence-corrected chi connectivity index (χ2v) is 6.50. The van der Waals surface area contributed by atoms with Crippen LogP contribution in [0.1, 0.15) is 19.3 Å². The SMILES string of the molecule is O=S1(=O)CC[C@@H]([NH2+]C[C@H]2CCCO2)C1. The summed E-state index contributed by atoms with van der Waals surface area (Å²) in [6.07, 6.45) is 3.46. The van der Waals surface area contributed by atoms with Gasteiger partial charge in [0.05, 0.1) is 5.75 Å². The van der Waals surface area contributed by atoms with Gasteiger partial charge in [0, 0.05) is 13.0 Å². The Bertz CT molecular complexity index is 282. The average Bonchev–Trinajstić information content (AvgIpc) is 2.70. The van der Waals surface area contributed by atoms with Crippen LogP contribution < -0.4 is 5.32 Å². The number of rotatable bonds is 3. The second kappa shape index (κ2) is 4.16. The number of sulfone groups is 1. The molecule has 82 valence electrons. The van der Waals surface area contributed by atoms with Crippen molar-refractivity contribution in [2.24, 2.45) is 0 Å². The molecule has 0 aromatic carbocycles. The molecule has 0 aromatic rings. The molecule has 2 saturated heterocycles. The first kappa shape index (κ1) is 10.4. The molecule has 2 N–H and O–H groups in total. The van der Waals surface area contributed by atoms with Crippen LogP contribution in [-0.4, -0.2) is 45.2 Å². The molecular weight excluding hydrogens is 202 g/mol. The molecule has 0 aromatic heterocycles. The van der Waals surface area contributed by atoms with Gasteiger partial charge in [-0.05, 0) is 12.8 Å². The highest BCUT2D eigenvalue weighted by Gasteiger charge is 2.31. The van der Waals surface area contributed by atoms with Gasteiger partial charge < -0.3 is 10.1 Å². The molecular formula is C9H18NO3S+. The third kappa shape index (κ3) is 2.68. The molecule has 2 atom stereocenters. The van der Waals surface area contributed by atoms with E-state index >= 15 is 0 Å². The lowest BCUT2D eigenvalue weighted by Crippen LogP contribution is -2.92. The van der Waals surface area contributed by atoms with Crippen molar-refractivity contribution in [1.29, 1.82) is 0 Å². The van der Waals surface area contributed by atoms with Crippen LogP contribution in [0.3, 0.4) is 0 Å². The quantitative estimate of drug-likeness (QED) is 0.658. The lowest BCUT2D eigenvalue weighted by molar-refractivity contribution is -0.689. The van der Waals surface area contributed by atoms with Gasteiger partial charge in [0.15, 0.2) is 9.84 Å². The van der Waals surface area contributed by atoms with E-state index in [-0.39, 0.29) is 6.04 Å². The van der Waals surface area contributed by atoms with Crippen molar-refractivity contribution in [3.63, 3.8) is 0 Å². The van der Waals surface area contributed by atoms with Gasteiger partial charge in [-0.2, -0.15) is 0 Å². The van der Waals surface area contributed by atoms with E-state index in [0.717, 1.165) is 32.4 Å². The van der Waals surface area contributed by atoms with E-state index in [1.54, 1.807) is 0 Å². The second-order valence-electron chi connectivity index (χ2n) is 4.27. The van der Waals surface area contributed by atoms with E-state index in [9.17, 15) is 8.42 Å². The maximum atomic E-state index is 11.2. The Labute approximate surface area is 84.9 Å². The molecule has 0 bridgehead atoms. The summed E-state index contributed by atoms with van der Waals surface area (Å²) in [5.74, 6) is 0.736. The van der Waals surface area contributed by atoms with Gasteiger partial charge in [-0.15, -0.1) is 0 Å². The highest BCUT2D eigenvalue weighted by atomic mass is 32.2. The van der Waals surface area contributed by atoms with Gasteiger partial charge in [0.1, 0.15) is 24.4 Å². The zero-order valence-electron chi connectivity index (χ0n) is 8.31. The van der Waals surface area contributed by atoms with Crippen molar-refractivity contribution in [3.05, 3.63) is 0 Å². The molecule has 4 nitrogen and oxygen atoms in total. The first-order valence-electron chi connectivity index (χ1n) is 5.31. The number of hydrogen-bond donors (Lipinski definition) is 1. The molecule has 0 amide bonds. The van der Waals surface area contributed by atoms with Gasteiger partial charge in [-0.1, -0.05) is 0 Å². The highest BCUT2D eigenvalue weighted by Crippen LogP contribution is 2.11. The van der Waals surface area contributed by atoms with Crippen LogP contribution in [0.4, 0.5) is 0 Å². The molecule has 0 aliphatic carbocycles. The number of ether oxygens (including phenoxy) is 1. The smallest absolute Gasteiger partial charge is 0.156 e. The Morgan fingerprint density at radius 1 is 1.36 bits per heavy atom. The van der Waals surface area contributed by atoms with Crippen molar-refractivity contribution >= 4 is 9.84 Å². The average molecular weight is 220 g/mol. The van der Waals surface area contributed by atoms with E-state index in [4.69, 9.17) is 4.74 Å². The van der Waals surface area contributed by atoms with E-state index in [1.807, 2.05) is 0 Å². The summed E-state index contributed by atoms with van der Waals surface area (Å²) in [5, 5.41) is 2.15. The van der Waals surface area contributed by atoms with Crippen molar-refractivity contribution in [3.8, 4) is 0 Å². The van der Waals surface area contributed by atoms with Crippen LogP contribution in [0.25, 0.3) is 0 Å². The van der Waals surface area contributed by atoms with E-state index in [1.165, 1.54) is 0 Å². The minimum Gasteiger partial charge on any atom is -0.372 e. The Kier molecular flexibility index (Phi) is 3.09. The van der Waals surface area contributed by atoms with Crippen LogP contribution in [0, 0.1) is 0 Å². The molecule has 2 aliphatic rings. The number of nitrogens with two attached hydrogens (primary N) is 1. The Morgan fingerprint density at radius 2 is 2.21 bits per heavy atom. The molecule has 0 spiro atoms. The van der Waals surface area contributed by atoms with Crippen LogP contribution in [0.2, 0.25) is 0 Å². The van der Waals surface area contributed by atoms with Gasteiger partial charge in [-0.25, -0.2) is 8.42 Å². The van der Waals surface area contributed by atoms with E-state index in [0.29, 0.717) is 17.6 Å². The van der Waals surface area contributed by atoms with Crippen LogP contribution >= 0.6 is 0 Å². The van der Waals surface area contributed by atoms with E-state index < -0.39 is 9.84 Å². The van der Waals surface area contributed by atoms with Crippen LogP contribution in [0.15, 0.2) is 0 Å². The molecule has 2 rings (SSSR count). The first-order chi connectivity index (χ1) is 6.66. The van der Waals surface area contributed by atoms with Crippen molar-refractivity contribution in [1.82, 2.24) is 0 Å². The first-order valence-corrected chi connectivity index (χ1v) is 7.13. The normalized spacial score (nSPS) is 36.3. The third-order valence-corrected chi connectivity index (χ3v) is 4.82. The van der Waals surface area contributed by atoms with Gasteiger partial charge in [0.2, 0.25) is 0 Å². The Morgan fingerprint density at radius 3 is 2.79 bits per heavy atom. The largest absolute Gasteiger partial charge is 0.372 e. The fourth-order valence-corrected chi connectivity index (χ4v) is 3.97. The predicted molar refractivity (Wildman–Crippen MR) is 52.8 cm³/mol. The lowest BCUT2D eigenvalue weighted by Gasteiger charge is -2.11. The summed E-state index contributed by atoms with van der Waals surface area (Å²) in [5.41, 5.74) is 0. The minimum atomic E-state index is -2.71. The van der Waals surface area contributed by atoms with E-state index in [2.05, 4.69) is 5.32 Å². The fourth-order valence-electron chi connectivity index (χ4n) is 2.18. The number of hydrogen-bond acceptors (Lipinski definition) is 3. The molecule has 0 saturated carbocycles. The molecule has 2 aliphatic heterocycles. The van der Waals surface area contributed by atoms with Crippen LogP contribution in [-0.2, 0) is 14.6 Å². The zero-order valence-corrected chi connectivity index (χ0v) is 9.13. The molecule has 2 heterocycles.